The zero-order valence-corrected chi connectivity index (χ0v) is 19.8. The second kappa shape index (κ2) is 9.62. The van der Waals surface area contributed by atoms with Gasteiger partial charge in [-0.3, -0.25) is 4.79 Å². The summed E-state index contributed by atoms with van der Waals surface area (Å²) in [5.74, 6) is -0.208. The molecule has 0 bridgehead atoms. The Morgan fingerprint density at radius 3 is 2.42 bits per heavy atom. The molecule has 0 atom stereocenters. The van der Waals surface area contributed by atoms with Crippen LogP contribution in [0.2, 0.25) is 0 Å². The van der Waals surface area contributed by atoms with E-state index in [1.54, 1.807) is 35.6 Å². The van der Waals surface area contributed by atoms with Gasteiger partial charge in [0, 0.05) is 29.9 Å². The molecule has 6 nitrogen and oxygen atoms in total. The van der Waals surface area contributed by atoms with Crippen LogP contribution in [-0.4, -0.2) is 45.4 Å². The maximum atomic E-state index is 13.2. The van der Waals surface area contributed by atoms with Gasteiger partial charge in [-0.25, -0.2) is 12.8 Å². The second-order valence-corrected chi connectivity index (χ2v) is 10.9. The number of carbonyl (C=O) groups excluding carboxylic acids is 1. The van der Waals surface area contributed by atoms with Gasteiger partial charge in [-0.15, -0.1) is 11.3 Å². The molecule has 3 aromatic rings. The van der Waals surface area contributed by atoms with Gasteiger partial charge in [0.2, 0.25) is 10.0 Å². The summed E-state index contributed by atoms with van der Waals surface area (Å²) in [5, 5.41) is 5.03. The van der Waals surface area contributed by atoms with Gasteiger partial charge in [-0.2, -0.15) is 4.31 Å². The number of sulfonamides is 1. The zero-order chi connectivity index (χ0) is 23.5. The number of ether oxygens (including phenoxy) is 1. The number of nitrogens with zero attached hydrogens (tertiary/aromatic N) is 1. The monoisotopic (exact) mass is 488 g/mol. The Hall–Kier alpha value is -2.75. The molecule has 1 aromatic heterocycles. The lowest BCUT2D eigenvalue weighted by Crippen LogP contribution is -2.50. The Morgan fingerprint density at radius 2 is 1.79 bits per heavy atom. The molecule has 33 heavy (non-hydrogen) atoms. The first-order valence-corrected chi connectivity index (χ1v) is 12.9. The highest BCUT2D eigenvalue weighted by atomic mass is 32.2. The molecule has 1 saturated heterocycles. The molecule has 1 amide bonds. The van der Waals surface area contributed by atoms with E-state index in [9.17, 15) is 17.6 Å². The van der Waals surface area contributed by atoms with Crippen molar-refractivity contribution in [3.63, 3.8) is 0 Å². The molecule has 2 aromatic carbocycles. The maximum absolute atomic E-state index is 13.2. The van der Waals surface area contributed by atoms with Crippen LogP contribution in [-0.2, 0) is 15.4 Å². The number of halogens is 1. The highest BCUT2D eigenvalue weighted by molar-refractivity contribution is 7.89. The van der Waals surface area contributed by atoms with E-state index in [1.165, 1.54) is 23.5 Å². The molecule has 0 unspecified atom stereocenters. The predicted octanol–water partition coefficient (Wildman–Crippen LogP) is 4.05. The van der Waals surface area contributed by atoms with Crippen LogP contribution >= 0.6 is 11.3 Å². The van der Waals surface area contributed by atoms with Crippen molar-refractivity contribution in [2.24, 2.45) is 0 Å². The van der Waals surface area contributed by atoms with Crippen LogP contribution in [0.1, 0.15) is 28.1 Å². The minimum atomic E-state index is -3.71. The molecule has 1 N–H and O–H groups in total. The quantitative estimate of drug-likeness (QED) is 0.545. The number of rotatable bonds is 7. The van der Waals surface area contributed by atoms with E-state index in [1.807, 2.05) is 17.5 Å². The largest absolute Gasteiger partial charge is 0.496 e. The van der Waals surface area contributed by atoms with Gasteiger partial charge in [0.15, 0.2) is 0 Å². The molecule has 1 fully saturated rings. The average molecular weight is 489 g/mol. The number of methoxy groups -OCH3 is 1. The van der Waals surface area contributed by atoms with Crippen LogP contribution < -0.4 is 10.1 Å². The van der Waals surface area contributed by atoms with E-state index in [0.717, 1.165) is 17.0 Å². The number of benzene rings is 2. The fourth-order valence-corrected chi connectivity index (χ4v) is 6.61. The molecule has 0 radical (unpaired) electrons. The number of amides is 1. The lowest BCUT2D eigenvalue weighted by atomic mass is 9.77. The van der Waals surface area contributed by atoms with Crippen molar-refractivity contribution in [2.75, 3.05) is 26.7 Å². The lowest BCUT2D eigenvalue weighted by molar-refractivity contribution is 0.0930. The number of nitrogens with one attached hydrogen (secondary N) is 1. The number of carbonyl (C=O) groups is 1. The summed E-state index contributed by atoms with van der Waals surface area (Å²) in [5.41, 5.74) is 0.0818. The fourth-order valence-electron chi connectivity index (χ4n) is 4.18. The van der Waals surface area contributed by atoms with Crippen molar-refractivity contribution >= 4 is 27.3 Å². The van der Waals surface area contributed by atoms with Gasteiger partial charge < -0.3 is 10.1 Å². The minimum absolute atomic E-state index is 0.0806. The molecule has 1 aliphatic heterocycles. The topological polar surface area (TPSA) is 75.7 Å². The first kappa shape index (κ1) is 23.4. The standard InChI is InChI=1S/C24H25FN2O4S2/c1-31-21-6-3-2-5-20(21)23(28)26-17-24(22-7-4-16-32-22)12-14-27(15-13-24)33(29,30)19-10-8-18(25)9-11-19/h2-11,16H,12-15,17H2,1H3,(H,26,28). The van der Waals surface area contributed by atoms with Gasteiger partial charge in [0.25, 0.3) is 5.91 Å². The Bertz CT molecular complexity index is 1200. The van der Waals surface area contributed by atoms with Crippen molar-refractivity contribution in [1.82, 2.24) is 9.62 Å². The molecular weight excluding hydrogens is 463 g/mol. The van der Waals surface area contributed by atoms with Crippen molar-refractivity contribution < 1.29 is 22.3 Å². The highest BCUT2D eigenvalue weighted by Gasteiger charge is 2.40. The van der Waals surface area contributed by atoms with E-state index in [4.69, 9.17) is 4.74 Å². The predicted molar refractivity (Wildman–Crippen MR) is 126 cm³/mol. The molecule has 0 spiro atoms. The Kier molecular flexibility index (Phi) is 6.83. The van der Waals surface area contributed by atoms with Gasteiger partial charge in [0.05, 0.1) is 17.6 Å². The van der Waals surface area contributed by atoms with Crippen LogP contribution in [0.4, 0.5) is 4.39 Å². The molecule has 1 aliphatic rings. The van der Waals surface area contributed by atoms with Crippen molar-refractivity contribution in [2.45, 2.75) is 23.2 Å². The van der Waals surface area contributed by atoms with Gasteiger partial charge in [-0.05, 0) is 60.7 Å². The highest BCUT2D eigenvalue weighted by Crippen LogP contribution is 2.39. The van der Waals surface area contributed by atoms with E-state index in [2.05, 4.69) is 5.32 Å². The Balaban J connectivity index is 1.51. The number of thiophene rings is 1. The number of piperidine rings is 1. The smallest absolute Gasteiger partial charge is 0.255 e. The van der Waals surface area contributed by atoms with Crippen LogP contribution in [0.5, 0.6) is 5.75 Å². The summed E-state index contributed by atoms with van der Waals surface area (Å²) < 4.78 is 46.1. The molecule has 0 saturated carbocycles. The van der Waals surface area contributed by atoms with Crippen LogP contribution in [0, 0.1) is 5.82 Å². The molecule has 0 aliphatic carbocycles. The van der Waals surface area contributed by atoms with Crippen molar-refractivity contribution in [1.29, 1.82) is 0 Å². The molecule has 9 heteroatoms. The van der Waals surface area contributed by atoms with Crippen LogP contribution in [0.25, 0.3) is 0 Å². The van der Waals surface area contributed by atoms with Crippen LogP contribution in [0.15, 0.2) is 70.9 Å². The summed E-state index contributed by atoms with van der Waals surface area (Å²) >= 11 is 1.60. The third kappa shape index (κ3) is 4.80. The first-order chi connectivity index (χ1) is 15.9. The minimum Gasteiger partial charge on any atom is -0.496 e. The Morgan fingerprint density at radius 1 is 1.09 bits per heavy atom. The van der Waals surface area contributed by atoms with E-state index in [-0.39, 0.29) is 16.2 Å². The first-order valence-electron chi connectivity index (χ1n) is 10.6. The second-order valence-electron chi connectivity index (χ2n) is 8.00. The van der Waals surface area contributed by atoms with E-state index in [0.29, 0.717) is 43.8 Å². The SMILES string of the molecule is COc1ccccc1C(=O)NCC1(c2cccs2)CCN(S(=O)(=O)c2ccc(F)cc2)CC1. The molecule has 2 heterocycles. The third-order valence-electron chi connectivity index (χ3n) is 6.11. The van der Waals surface area contributed by atoms with Crippen LogP contribution in [0.3, 0.4) is 0 Å². The normalized spacial score (nSPS) is 16.3. The van der Waals surface area contributed by atoms with Gasteiger partial charge in [-0.1, -0.05) is 18.2 Å². The Labute approximate surface area is 197 Å². The third-order valence-corrected chi connectivity index (χ3v) is 9.14. The zero-order valence-electron chi connectivity index (χ0n) is 18.2. The summed E-state index contributed by atoms with van der Waals surface area (Å²) in [6, 6.07) is 15.9. The summed E-state index contributed by atoms with van der Waals surface area (Å²) in [7, 11) is -2.19. The van der Waals surface area contributed by atoms with E-state index >= 15 is 0 Å². The molecule has 174 valence electrons. The van der Waals surface area contributed by atoms with Crippen molar-refractivity contribution in [3.8, 4) is 5.75 Å². The number of para-hydroxylation sites is 1. The summed E-state index contributed by atoms with van der Waals surface area (Å²) in [6.45, 7) is 0.999. The number of hydrogen-bond acceptors (Lipinski definition) is 5. The van der Waals surface area contributed by atoms with Crippen molar-refractivity contribution in [3.05, 3.63) is 82.3 Å². The maximum Gasteiger partial charge on any atom is 0.255 e. The summed E-state index contributed by atoms with van der Waals surface area (Å²) in [6.07, 6.45) is 1.11. The lowest BCUT2D eigenvalue weighted by Gasteiger charge is -2.41. The molecular formula is C24H25FN2O4S2. The summed E-state index contributed by atoms with van der Waals surface area (Å²) in [4.78, 5) is 14.1. The van der Waals surface area contributed by atoms with Gasteiger partial charge >= 0.3 is 0 Å². The molecule has 4 rings (SSSR count). The van der Waals surface area contributed by atoms with Gasteiger partial charge in [0.1, 0.15) is 11.6 Å². The number of hydrogen-bond donors (Lipinski definition) is 1. The van der Waals surface area contributed by atoms with E-state index < -0.39 is 15.8 Å². The average Bonchev–Trinajstić information content (AvgIpc) is 3.39. The fraction of sp³-hybridized carbons (Fsp3) is 0.292.